The molecule has 7 nitrogen and oxygen atoms in total. The molecule has 0 bridgehead atoms. The molecule has 0 unspecified atom stereocenters. The van der Waals surface area contributed by atoms with Crippen molar-refractivity contribution >= 4 is 21.9 Å². The number of sulfone groups is 1. The number of hydrogen-bond donors (Lipinski definition) is 0. The summed E-state index contributed by atoms with van der Waals surface area (Å²) in [5, 5.41) is -0.716. The number of ether oxygens (including phenoxy) is 2. The van der Waals surface area contributed by atoms with Gasteiger partial charge in [-0.15, -0.1) is 0 Å². The summed E-state index contributed by atoms with van der Waals surface area (Å²) in [7, 11) is -3.65. The lowest BCUT2D eigenvalue weighted by Gasteiger charge is -2.40. The van der Waals surface area contributed by atoms with E-state index in [4.69, 9.17) is 9.47 Å². The Morgan fingerprint density at radius 2 is 1.77 bits per heavy atom. The molecule has 0 aromatic carbocycles. The van der Waals surface area contributed by atoms with Crippen molar-refractivity contribution in [2.45, 2.75) is 56.1 Å². The lowest BCUT2D eigenvalue weighted by atomic mass is 10.2. The SMILES string of the molecule is CCOC(=O)C1(S(=O)(=O)C2CN(C(=O)OC(C)(C)C)C2)CC1. The third kappa shape index (κ3) is 2.93. The molecule has 1 amide bonds. The zero-order valence-electron chi connectivity index (χ0n) is 13.4. The number of likely N-dealkylation sites (tertiary alicyclic amines) is 1. The molecular formula is C14H23NO6S. The fourth-order valence-corrected chi connectivity index (χ4v) is 4.76. The molecule has 1 aliphatic heterocycles. The monoisotopic (exact) mass is 333 g/mol. The molecule has 1 saturated carbocycles. The maximum atomic E-state index is 12.6. The van der Waals surface area contributed by atoms with E-state index in [-0.39, 0.29) is 19.7 Å². The second kappa shape index (κ2) is 5.40. The van der Waals surface area contributed by atoms with E-state index in [2.05, 4.69) is 0 Å². The molecule has 22 heavy (non-hydrogen) atoms. The van der Waals surface area contributed by atoms with Crippen molar-refractivity contribution in [3.63, 3.8) is 0 Å². The summed E-state index contributed by atoms with van der Waals surface area (Å²) in [4.78, 5) is 25.1. The van der Waals surface area contributed by atoms with E-state index in [0.717, 1.165) is 0 Å². The smallest absolute Gasteiger partial charge is 0.410 e. The first-order valence-corrected chi connectivity index (χ1v) is 8.97. The molecule has 0 aromatic heterocycles. The van der Waals surface area contributed by atoms with Crippen molar-refractivity contribution in [3.8, 4) is 0 Å². The van der Waals surface area contributed by atoms with Crippen molar-refractivity contribution in [1.82, 2.24) is 4.90 Å². The lowest BCUT2D eigenvalue weighted by Crippen LogP contribution is -2.60. The summed E-state index contributed by atoms with van der Waals surface area (Å²) in [6.45, 7) is 7.19. The molecule has 2 aliphatic rings. The van der Waals surface area contributed by atoms with Crippen LogP contribution in [0.5, 0.6) is 0 Å². The minimum atomic E-state index is -3.65. The van der Waals surface area contributed by atoms with E-state index >= 15 is 0 Å². The van der Waals surface area contributed by atoms with E-state index in [1.165, 1.54) is 4.90 Å². The number of carbonyl (C=O) groups excluding carboxylic acids is 2. The Morgan fingerprint density at radius 3 is 2.18 bits per heavy atom. The van der Waals surface area contributed by atoms with Crippen LogP contribution in [0.1, 0.15) is 40.5 Å². The molecule has 2 fully saturated rings. The predicted molar refractivity (Wildman–Crippen MR) is 79.1 cm³/mol. The molecule has 8 heteroatoms. The first-order chi connectivity index (χ1) is 10.0. The molecule has 0 aromatic rings. The van der Waals surface area contributed by atoms with E-state index in [1.54, 1.807) is 27.7 Å². The van der Waals surface area contributed by atoms with Gasteiger partial charge in [-0.05, 0) is 40.5 Å². The summed E-state index contributed by atoms with van der Waals surface area (Å²) in [5.41, 5.74) is -0.621. The van der Waals surface area contributed by atoms with Gasteiger partial charge in [0.15, 0.2) is 14.6 Å². The summed E-state index contributed by atoms with van der Waals surface area (Å²) < 4.78 is 33.9. The van der Waals surface area contributed by atoms with Crippen molar-refractivity contribution in [2.75, 3.05) is 19.7 Å². The largest absolute Gasteiger partial charge is 0.465 e. The normalized spacial score (nSPS) is 21.0. The van der Waals surface area contributed by atoms with Gasteiger partial charge in [0.05, 0.1) is 11.9 Å². The molecule has 0 radical (unpaired) electrons. The molecule has 0 spiro atoms. The maximum absolute atomic E-state index is 12.6. The van der Waals surface area contributed by atoms with Gasteiger partial charge in [-0.2, -0.15) is 0 Å². The van der Waals surface area contributed by atoms with E-state index < -0.39 is 37.5 Å². The maximum Gasteiger partial charge on any atom is 0.410 e. The van der Waals surface area contributed by atoms with Crippen molar-refractivity contribution in [3.05, 3.63) is 0 Å². The molecule has 1 heterocycles. The summed E-state index contributed by atoms with van der Waals surface area (Å²) in [6.07, 6.45) is 0.0775. The van der Waals surface area contributed by atoms with Crippen molar-refractivity contribution in [1.29, 1.82) is 0 Å². The molecule has 2 rings (SSSR count). The van der Waals surface area contributed by atoms with E-state index in [1.807, 2.05) is 0 Å². The van der Waals surface area contributed by atoms with Crippen LogP contribution in [0, 0.1) is 0 Å². The van der Waals surface area contributed by atoms with Gasteiger partial charge in [-0.3, -0.25) is 4.79 Å². The quantitative estimate of drug-likeness (QED) is 0.716. The van der Waals surface area contributed by atoms with Crippen LogP contribution in [0.2, 0.25) is 0 Å². The topological polar surface area (TPSA) is 90.0 Å². The van der Waals surface area contributed by atoms with Gasteiger partial charge < -0.3 is 14.4 Å². The zero-order valence-corrected chi connectivity index (χ0v) is 14.2. The van der Waals surface area contributed by atoms with Crippen molar-refractivity contribution in [2.24, 2.45) is 0 Å². The third-order valence-corrected chi connectivity index (χ3v) is 6.67. The highest BCUT2D eigenvalue weighted by molar-refractivity contribution is 7.94. The third-order valence-electron chi connectivity index (χ3n) is 3.83. The van der Waals surface area contributed by atoms with Crippen LogP contribution in [-0.2, 0) is 24.1 Å². The molecular weight excluding hydrogens is 310 g/mol. The molecule has 0 N–H and O–H groups in total. The van der Waals surface area contributed by atoms with Crippen LogP contribution in [0.4, 0.5) is 4.79 Å². The Kier molecular flexibility index (Phi) is 4.18. The molecule has 126 valence electrons. The van der Waals surface area contributed by atoms with Gasteiger partial charge >= 0.3 is 12.1 Å². The van der Waals surface area contributed by atoms with Crippen LogP contribution in [0.25, 0.3) is 0 Å². The van der Waals surface area contributed by atoms with Crippen LogP contribution < -0.4 is 0 Å². The summed E-state index contributed by atoms with van der Waals surface area (Å²) >= 11 is 0. The Balaban J connectivity index is 1.98. The first-order valence-electron chi connectivity index (χ1n) is 7.42. The molecule has 0 atom stereocenters. The van der Waals surface area contributed by atoms with Gasteiger partial charge in [0, 0.05) is 13.1 Å². The predicted octanol–water partition coefficient (Wildman–Crippen LogP) is 1.12. The van der Waals surface area contributed by atoms with Gasteiger partial charge in [0.25, 0.3) is 0 Å². The summed E-state index contributed by atoms with van der Waals surface area (Å²) in [6, 6.07) is 0. The van der Waals surface area contributed by atoms with E-state index in [9.17, 15) is 18.0 Å². The van der Waals surface area contributed by atoms with Crippen LogP contribution >= 0.6 is 0 Å². The number of hydrogen-bond acceptors (Lipinski definition) is 6. The Morgan fingerprint density at radius 1 is 1.23 bits per heavy atom. The number of carbonyl (C=O) groups is 2. The van der Waals surface area contributed by atoms with Crippen LogP contribution in [0.3, 0.4) is 0 Å². The lowest BCUT2D eigenvalue weighted by molar-refractivity contribution is -0.143. The Hall–Kier alpha value is -1.31. The van der Waals surface area contributed by atoms with Gasteiger partial charge in [0.1, 0.15) is 5.60 Å². The molecule has 1 saturated heterocycles. The minimum Gasteiger partial charge on any atom is -0.465 e. The standard InChI is InChI=1S/C14H23NO6S/c1-5-20-11(16)14(6-7-14)22(18,19)10-8-15(9-10)12(17)21-13(2,3)4/h10H,5-9H2,1-4H3. The van der Waals surface area contributed by atoms with Crippen LogP contribution in [0.15, 0.2) is 0 Å². The Bertz CT molecular complexity index is 567. The average Bonchev–Trinajstić information content (AvgIpc) is 3.04. The first kappa shape index (κ1) is 17.1. The highest BCUT2D eigenvalue weighted by Gasteiger charge is 2.65. The fourth-order valence-electron chi connectivity index (χ4n) is 2.41. The van der Waals surface area contributed by atoms with E-state index in [0.29, 0.717) is 12.8 Å². The van der Waals surface area contributed by atoms with Crippen LogP contribution in [-0.4, -0.2) is 60.7 Å². The highest BCUT2D eigenvalue weighted by atomic mass is 32.2. The fraction of sp³-hybridized carbons (Fsp3) is 0.857. The van der Waals surface area contributed by atoms with Crippen molar-refractivity contribution < 1.29 is 27.5 Å². The number of esters is 1. The number of rotatable bonds is 4. The van der Waals surface area contributed by atoms with Gasteiger partial charge in [0.2, 0.25) is 0 Å². The Labute approximate surface area is 130 Å². The van der Waals surface area contributed by atoms with Gasteiger partial charge in [-0.1, -0.05) is 0 Å². The second-order valence-corrected chi connectivity index (χ2v) is 9.31. The highest BCUT2D eigenvalue weighted by Crippen LogP contribution is 2.47. The summed E-state index contributed by atoms with van der Waals surface area (Å²) in [5.74, 6) is -0.661. The minimum absolute atomic E-state index is 0.0679. The van der Waals surface area contributed by atoms with Gasteiger partial charge in [-0.25, -0.2) is 13.2 Å². The second-order valence-electron chi connectivity index (χ2n) is 6.77. The number of amides is 1. The average molecular weight is 333 g/mol. The molecule has 1 aliphatic carbocycles. The zero-order chi connectivity index (χ0) is 16.8. The number of nitrogens with zero attached hydrogens (tertiary/aromatic N) is 1.